The van der Waals surface area contributed by atoms with Crippen LogP contribution in [0.1, 0.15) is 75.3 Å². The van der Waals surface area contributed by atoms with E-state index in [2.05, 4.69) is 4.98 Å². The zero-order chi connectivity index (χ0) is 37.8. The van der Waals surface area contributed by atoms with Crippen molar-refractivity contribution in [2.45, 2.75) is 112 Å². The van der Waals surface area contributed by atoms with E-state index in [9.17, 15) is 33.6 Å². The summed E-state index contributed by atoms with van der Waals surface area (Å²) in [6.45, 7) is -0.0367. The normalized spacial score (nSPS) is 20.0. The molecule has 0 bridgehead atoms. The van der Waals surface area contributed by atoms with Crippen molar-refractivity contribution in [1.82, 2.24) is 9.29 Å². The highest BCUT2D eigenvalue weighted by atomic mass is 35.5. The van der Waals surface area contributed by atoms with Crippen molar-refractivity contribution in [2.24, 2.45) is 5.92 Å². The van der Waals surface area contributed by atoms with E-state index in [4.69, 9.17) is 26.2 Å². The number of aromatic nitrogens is 1. The van der Waals surface area contributed by atoms with Gasteiger partial charge < -0.3 is 35.0 Å². The zero-order valence-corrected chi connectivity index (χ0v) is 31.2. The number of para-hydroxylation sites is 1. The first-order valence-corrected chi connectivity index (χ1v) is 20.2. The standard InChI is InChI=1S/C39H49ClN2O10S/c40-33-11-10-29(53(49,50)42-19-14-25(15-20-42)5-6-27(44)7-12-34(45)37(47)38(48)35(46)23-43)21-26(33)24-51-39(16-17-39)32-22-41-18-13-30(32)31-3-1-2-4-36(31)52-28-8-9-28/h1-4,10-11,13,18,21-22,25,28,34-35,37-38,43,45-48H,5-9,12,14-17,19-20,23-24H2/t34-,35+,37+,38+/m0/s1. The van der Waals surface area contributed by atoms with Gasteiger partial charge in [-0.15, -0.1) is 0 Å². The molecule has 6 rings (SSSR count). The molecule has 1 aromatic heterocycles. The number of ether oxygens (including phenoxy) is 2. The minimum Gasteiger partial charge on any atom is -0.490 e. The Labute approximate surface area is 315 Å². The molecule has 1 aliphatic heterocycles. The summed E-state index contributed by atoms with van der Waals surface area (Å²) in [4.78, 5) is 17.1. The lowest BCUT2D eigenvalue weighted by Crippen LogP contribution is -2.45. The highest BCUT2D eigenvalue weighted by Crippen LogP contribution is 2.53. The van der Waals surface area contributed by atoms with Gasteiger partial charge in [-0.05, 0) is 98.7 Å². The molecule has 53 heavy (non-hydrogen) atoms. The monoisotopic (exact) mass is 772 g/mol. The Morgan fingerprint density at radius 2 is 1.66 bits per heavy atom. The maximum absolute atomic E-state index is 13.8. The predicted molar refractivity (Wildman–Crippen MR) is 197 cm³/mol. The molecule has 0 radical (unpaired) electrons. The van der Waals surface area contributed by atoms with Gasteiger partial charge in [0, 0.05) is 54.5 Å². The molecule has 12 nitrogen and oxygen atoms in total. The van der Waals surface area contributed by atoms with E-state index in [1.807, 2.05) is 36.5 Å². The molecule has 2 aliphatic carbocycles. The van der Waals surface area contributed by atoms with Crippen LogP contribution in [0.3, 0.4) is 0 Å². The van der Waals surface area contributed by atoms with Crippen molar-refractivity contribution in [3.63, 3.8) is 0 Å². The van der Waals surface area contributed by atoms with Gasteiger partial charge in [-0.25, -0.2) is 8.42 Å². The van der Waals surface area contributed by atoms with Crippen LogP contribution in [0.5, 0.6) is 5.75 Å². The Morgan fingerprint density at radius 3 is 2.36 bits per heavy atom. The first kappa shape index (κ1) is 39.7. The minimum atomic E-state index is -3.82. The number of aliphatic hydroxyl groups excluding tert-OH is 5. The number of sulfonamides is 1. The van der Waals surface area contributed by atoms with E-state index < -0.39 is 46.6 Å². The van der Waals surface area contributed by atoms with Crippen molar-refractivity contribution in [3.05, 3.63) is 77.1 Å². The second-order valence-corrected chi connectivity index (χ2v) is 16.9. The summed E-state index contributed by atoms with van der Waals surface area (Å²) < 4.78 is 41.8. The average molecular weight is 773 g/mol. The number of carbonyl (C=O) groups is 1. The zero-order valence-electron chi connectivity index (χ0n) is 29.6. The largest absolute Gasteiger partial charge is 0.490 e. The maximum Gasteiger partial charge on any atom is 0.243 e. The molecule has 3 aromatic rings. The van der Waals surface area contributed by atoms with Gasteiger partial charge in [0.2, 0.25) is 10.0 Å². The SMILES string of the molecule is O=C(CCC1CCN(S(=O)(=O)c2ccc(Cl)c(COC3(c4cnccc4-c4ccccc4OC4CC4)CC3)c2)CC1)CC[C@H](O)[C@@H](O)[C@H](O)[C@H](O)CO. The van der Waals surface area contributed by atoms with Crippen LogP contribution in [0.25, 0.3) is 11.1 Å². The molecule has 288 valence electrons. The van der Waals surface area contributed by atoms with Gasteiger partial charge in [-0.2, -0.15) is 4.31 Å². The number of pyridine rings is 1. The summed E-state index contributed by atoms with van der Waals surface area (Å²) in [5, 5.41) is 48.6. The lowest BCUT2D eigenvalue weighted by atomic mass is 9.91. The number of rotatable bonds is 19. The molecule has 3 fully saturated rings. The fourth-order valence-corrected chi connectivity index (χ4v) is 8.61. The molecule has 2 aromatic carbocycles. The Morgan fingerprint density at radius 1 is 0.943 bits per heavy atom. The molecule has 4 atom stereocenters. The van der Waals surface area contributed by atoms with Crippen LogP contribution < -0.4 is 4.74 Å². The number of carbonyl (C=O) groups excluding carboxylic acids is 1. The Bertz CT molecular complexity index is 1830. The minimum absolute atomic E-state index is 0.0240. The highest BCUT2D eigenvalue weighted by Gasteiger charge is 2.48. The number of halogens is 1. The number of hydrogen-bond acceptors (Lipinski definition) is 11. The first-order valence-electron chi connectivity index (χ1n) is 18.4. The fraction of sp³-hybridized carbons (Fsp3) is 0.538. The van der Waals surface area contributed by atoms with Crippen molar-refractivity contribution < 1.29 is 48.2 Å². The number of nitrogens with zero attached hydrogens (tertiary/aromatic N) is 2. The van der Waals surface area contributed by atoms with Crippen LogP contribution in [0, 0.1) is 5.92 Å². The van der Waals surface area contributed by atoms with Gasteiger partial charge in [0.15, 0.2) is 0 Å². The highest BCUT2D eigenvalue weighted by molar-refractivity contribution is 7.89. The summed E-state index contributed by atoms with van der Waals surface area (Å²) in [6.07, 6.45) is 2.94. The molecular formula is C39H49ClN2O10S. The third-order valence-corrected chi connectivity index (χ3v) is 12.9. The van der Waals surface area contributed by atoms with Crippen LogP contribution in [0.4, 0.5) is 0 Å². The molecule has 2 saturated carbocycles. The Balaban J connectivity index is 1.02. The topological polar surface area (TPSA) is 187 Å². The summed E-state index contributed by atoms with van der Waals surface area (Å²) in [5.74, 6) is 0.858. The molecule has 1 saturated heterocycles. The van der Waals surface area contributed by atoms with Gasteiger partial charge in [0.05, 0.1) is 35.9 Å². The van der Waals surface area contributed by atoms with Gasteiger partial charge in [-0.1, -0.05) is 29.8 Å². The van der Waals surface area contributed by atoms with E-state index in [0.717, 1.165) is 48.1 Å². The van der Waals surface area contributed by atoms with Gasteiger partial charge in [0.25, 0.3) is 0 Å². The Kier molecular flexibility index (Phi) is 12.9. The van der Waals surface area contributed by atoms with Gasteiger partial charge in [-0.3, -0.25) is 9.78 Å². The number of piperidine rings is 1. The lowest BCUT2D eigenvalue weighted by Gasteiger charge is -2.31. The Hall–Kier alpha value is -2.98. The second kappa shape index (κ2) is 17.2. The maximum atomic E-state index is 13.8. The first-order chi connectivity index (χ1) is 25.4. The van der Waals surface area contributed by atoms with E-state index in [1.165, 1.54) is 10.4 Å². The summed E-state index contributed by atoms with van der Waals surface area (Å²) >= 11 is 6.60. The fourth-order valence-electron chi connectivity index (χ4n) is 6.91. The van der Waals surface area contributed by atoms with Crippen LogP contribution in [0.15, 0.2) is 65.8 Å². The third kappa shape index (κ3) is 9.64. The molecule has 0 unspecified atom stereocenters. The molecule has 2 heterocycles. The van der Waals surface area contributed by atoms with E-state index in [-0.39, 0.29) is 48.6 Å². The third-order valence-electron chi connectivity index (χ3n) is 10.6. The van der Waals surface area contributed by atoms with E-state index in [0.29, 0.717) is 42.9 Å². The van der Waals surface area contributed by atoms with E-state index in [1.54, 1.807) is 18.3 Å². The molecule has 3 aliphatic rings. The number of Topliss-reactive ketones (excluding diaryl/α,β-unsaturated/α-hetero) is 1. The average Bonchev–Trinajstić information content (AvgIpc) is 4.13. The molecule has 0 spiro atoms. The van der Waals surface area contributed by atoms with Gasteiger partial charge >= 0.3 is 0 Å². The lowest BCUT2D eigenvalue weighted by molar-refractivity contribution is -0.125. The number of benzene rings is 2. The second-order valence-electron chi connectivity index (χ2n) is 14.5. The molecule has 14 heteroatoms. The van der Waals surface area contributed by atoms with Crippen LogP contribution in [-0.2, 0) is 31.8 Å². The molecule has 5 N–H and O–H groups in total. The van der Waals surface area contributed by atoms with Crippen molar-refractivity contribution in [1.29, 1.82) is 0 Å². The summed E-state index contributed by atoms with van der Waals surface area (Å²) in [6, 6.07) is 14.7. The summed E-state index contributed by atoms with van der Waals surface area (Å²) in [5.41, 5.74) is 2.94. The van der Waals surface area contributed by atoms with Crippen LogP contribution in [0.2, 0.25) is 5.02 Å². The van der Waals surface area contributed by atoms with Gasteiger partial charge in [0.1, 0.15) is 29.8 Å². The van der Waals surface area contributed by atoms with Crippen molar-refractivity contribution >= 4 is 27.4 Å². The predicted octanol–water partition coefficient (Wildman–Crippen LogP) is 4.12. The summed E-state index contributed by atoms with van der Waals surface area (Å²) in [7, 11) is -3.82. The number of ketones is 1. The van der Waals surface area contributed by atoms with Crippen molar-refractivity contribution in [2.75, 3.05) is 19.7 Å². The molecule has 0 amide bonds. The number of aliphatic hydroxyl groups is 5. The number of hydrogen-bond donors (Lipinski definition) is 5. The van der Waals surface area contributed by atoms with Crippen LogP contribution >= 0.6 is 11.6 Å². The van der Waals surface area contributed by atoms with Crippen molar-refractivity contribution in [3.8, 4) is 16.9 Å². The quantitative estimate of drug-likeness (QED) is 0.118. The van der Waals surface area contributed by atoms with E-state index >= 15 is 0 Å². The van der Waals surface area contributed by atoms with Crippen LogP contribution in [-0.4, -0.2) is 99.2 Å². The molecular weight excluding hydrogens is 724 g/mol. The smallest absolute Gasteiger partial charge is 0.243 e.